The molecule has 10 nitrogen and oxygen atoms in total. The van der Waals surface area contributed by atoms with E-state index in [1.807, 2.05) is 6.20 Å². The number of amides is 2. The van der Waals surface area contributed by atoms with Gasteiger partial charge in [-0.15, -0.1) is 0 Å². The maximum atomic E-state index is 13.5. The summed E-state index contributed by atoms with van der Waals surface area (Å²) in [4.78, 5) is 39.3. The van der Waals surface area contributed by atoms with Gasteiger partial charge in [0.05, 0.1) is 0 Å². The fourth-order valence-electron chi connectivity index (χ4n) is 5.33. The van der Waals surface area contributed by atoms with E-state index in [9.17, 15) is 9.59 Å². The summed E-state index contributed by atoms with van der Waals surface area (Å²) in [7, 11) is -1.82. The van der Waals surface area contributed by atoms with Crippen LogP contribution in [0.2, 0.25) is 33.0 Å². The first-order valence-electron chi connectivity index (χ1n) is 16.8. The van der Waals surface area contributed by atoms with Gasteiger partial charge in [-0.25, -0.2) is 0 Å². The van der Waals surface area contributed by atoms with Crippen molar-refractivity contribution in [3.05, 3.63) is 24.7 Å². The number of aromatic nitrogens is 3. The molecule has 3 heterocycles. The van der Waals surface area contributed by atoms with Crippen LogP contribution >= 0.6 is 0 Å². The second-order valence-electron chi connectivity index (χ2n) is 17.4. The number of ether oxygens (including phenoxy) is 2. The van der Waals surface area contributed by atoms with Gasteiger partial charge in [-0.05, 0) is 18.1 Å². The molecule has 0 atom stereocenters. The van der Waals surface area contributed by atoms with Crippen LogP contribution in [0.1, 0.15) is 94.0 Å². The zero-order valence-corrected chi connectivity index (χ0v) is 34.9. The summed E-state index contributed by atoms with van der Waals surface area (Å²) < 4.78 is 27.5. The summed E-state index contributed by atoms with van der Waals surface area (Å²) >= 11 is -2.78. The van der Waals surface area contributed by atoms with Crippen molar-refractivity contribution in [1.29, 1.82) is 0 Å². The number of rotatable bonds is 6. The third-order valence-electron chi connectivity index (χ3n) is 8.84. The monoisotopic (exact) mass is 776 g/mol. The molecule has 3 aromatic heterocycles. The van der Waals surface area contributed by atoms with Crippen molar-refractivity contribution >= 4 is 59.4 Å². The van der Waals surface area contributed by atoms with Gasteiger partial charge in [0.1, 0.15) is 0 Å². The molecule has 0 radical (unpaired) electrons. The van der Waals surface area contributed by atoms with Crippen molar-refractivity contribution in [3.8, 4) is 11.1 Å². The summed E-state index contributed by atoms with van der Waals surface area (Å²) in [5, 5.41) is 5.75. The van der Waals surface area contributed by atoms with Crippen LogP contribution in [-0.4, -0.2) is 71.0 Å². The topological polar surface area (TPSA) is 109 Å². The molecule has 2 amide bonds. The molecule has 0 N–H and O–H groups in total. The Morgan fingerprint density at radius 2 is 1.47 bits per heavy atom. The third-order valence-corrected chi connectivity index (χ3v) is 18.3. The Kier molecular flexibility index (Phi) is 10.5. The summed E-state index contributed by atoms with van der Waals surface area (Å²) in [6.45, 7) is 22.0. The zero-order chi connectivity index (χ0) is 35.3. The first-order chi connectivity index (χ1) is 21.4. The third kappa shape index (κ3) is 9.00. The van der Waals surface area contributed by atoms with E-state index >= 15 is 0 Å². The second-order valence-corrected chi connectivity index (χ2v) is 36.4. The van der Waals surface area contributed by atoms with Crippen LogP contribution in [0.15, 0.2) is 29.1 Å². The van der Waals surface area contributed by atoms with Gasteiger partial charge in [-0.1, -0.05) is 20.8 Å². The molecule has 1 saturated carbocycles. The summed E-state index contributed by atoms with van der Waals surface area (Å²) in [5.41, 5.74) is 0.362. The van der Waals surface area contributed by atoms with Crippen LogP contribution in [0.5, 0.6) is 0 Å². The Balaban J connectivity index is 1.70. The molecule has 0 spiro atoms. The second kappa shape index (κ2) is 13.1. The van der Waals surface area contributed by atoms with Gasteiger partial charge in [0.2, 0.25) is 0 Å². The number of hydrogen-bond donors (Lipinski definition) is 0. The molecule has 4 rings (SSSR count). The number of furan rings is 1. The van der Waals surface area contributed by atoms with Gasteiger partial charge in [0.25, 0.3) is 0 Å². The summed E-state index contributed by atoms with van der Waals surface area (Å²) in [6.07, 6.45) is 8.18. The van der Waals surface area contributed by atoms with E-state index in [0.29, 0.717) is 11.7 Å². The SMILES string of the molecule is CC(C)(C)OC(=O)N(C(=O)OC(C)(C)C)c1ncc(-c2cnn([C@H]3CC[C@H](O[Si](C)(C)C(C)(C)C)CC3)c2)c2c[c]([Sn]([CH3])([CH3])[CH3])oc12. The fourth-order valence-corrected chi connectivity index (χ4v) is 9.57. The van der Waals surface area contributed by atoms with Crippen molar-refractivity contribution in [2.45, 2.75) is 144 Å². The molecule has 3 aromatic rings. The first kappa shape index (κ1) is 37.4. The summed E-state index contributed by atoms with van der Waals surface area (Å²) in [5.74, 6) is 0.0430. The van der Waals surface area contributed by atoms with Crippen molar-refractivity contribution in [2.75, 3.05) is 4.90 Å². The molecule has 1 aliphatic carbocycles. The fraction of sp³-hybridized carbons (Fsp3) is 0.657. The van der Waals surface area contributed by atoms with Crippen LogP contribution in [-0.2, 0) is 13.9 Å². The van der Waals surface area contributed by atoms with E-state index in [4.69, 9.17) is 23.4 Å². The van der Waals surface area contributed by atoms with E-state index in [1.54, 1.807) is 47.7 Å². The molecule has 260 valence electrons. The maximum absolute atomic E-state index is 13.5. The Hall–Kier alpha value is -2.38. The number of carbonyl (C=O) groups is 2. The van der Waals surface area contributed by atoms with E-state index in [2.05, 4.69) is 70.6 Å². The summed E-state index contributed by atoms with van der Waals surface area (Å²) in [6, 6.07) is 2.33. The molecule has 47 heavy (non-hydrogen) atoms. The predicted molar refractivity (Wildman–Crippen MR) is 193 cm³/mol. The Labute approximate surface area is 285 Å². The normalized spacial score (nSPS) is 18.3. The molecule has 1 aliphatic rings. The van der Waals surface area contributed by atoms with Crippen LogP contribution in [0, 0.1) is 0 Å². The quantitative estimate of drug-likeness (QED) is 0.228. The van der Waals surface area contributed by atoms with Crippen molar-refractivity contribution in [1.82, 2.24) is 14.8 Å². The molecule has 1 fully saturated rings. The van der Waals surface area contributed by atoms with Gasteiger partial charge >= 0.3 is 240 Å². The van der Waals surface area contributed by atoms with Crippen LogP contribution in [0.4, 0.5) is 15.4 Å². The molecule has 0 aromatic carbocycles. The predicted octanol–water partition coefficient (Wildman–Crippen LogP) is 9.42. The van der Waals surface area contributed by atoms with Crippen LogP contribution in [0.3, 0.4) is 0 Å². The first-order valence-corrected chi connectivity index (χ1v) is 29.7. The molecule has 0 aliphatic heterocycles. The standard InChI is InChI=1S/C32H47N4O6Si.3CH3.Sn/c1-30(2,3)40-28(37)36(29(38)41-31(4,5)6)27-26-24(16-17-39-26)25(19-33-27)21-18-34-35(20-21)22-12-14-23(15-13-22)42-43(10,11)32(7,8)9;;;;/h16,18-20,22-23H,12-15H2,1-11H3;3*1H3;/t22-,23-;;;;. The van der Waals surface area contributed by atoms with E-state index in [1.165, 1.54) is 0 Å². The number of anilines is 1. The molecule has 0 bridgehead atoms. The van der Waals surface area contributed by atoms with E-state index in [0.717, 1.165) is 50.9 Å². The average Bonchev–Trinajstić information content (AvgIpc) is 3.55. The number of carbonyl (C=O) groups excluding carboxylic acids is 2. The number of imide groups is 1. The molecule has 12 heteroatoms. The number of pyridine rings is 1. The van der Waals surface area contributed by atoms with Gasteiger partial charge in [-0.3, -0.25) is 0 Å². The Bertz CT molecular complexity index is 1570. The van der Waals surface area contributed by atoms with Crippen LogP contribution < -0.4 is 8.68 Å². The van der Waals surface area contributed by atoms with E-state index < -0.39 is 50.1 Å². The molecule has 0 unspecified atom stereocenters. The van der Waals surface area contributed by atoms with Crippen molar-refractivity contribution in [2.24, 2.45) is 0 Å². The zero-order valence-electron chi connectivity index (χ0n) is 31.0. The molecular weight excluding hydrogens is 719 g/mol. The van der Waals surface area contributed by atoms with Gasteiger partial charge in [-0.2, -0.15) is 0 Å². The Morgan fingerprint density at radius 3 is 1.96 bits per heavy atom. The number of nitrogens with zero attached hydrogens (tertiary/aromatic N) is 4. The minimum absolute atomic E-state index is 0.0430. The minimum atomic E-state index is -2.78. The van der Waals surface area contributed by atoms with Gasteiger partial charge < -0.3 is 0 Å². The van der Waals surface area contributed by atoms with Gasteiger partial charge in [0, 0.05) is 0 Å². The number of fused-ring (bicyclic) bond motifs is 1. The van der Waals surface area contributed by atoms with Gasteiger partial charge in [0.15, 0.2) is 8.32 Å². The number of hydrogen-bond acceptors (Lipinski definition) is 8. The van der Waals surface area contributed by atoms with E-state index in [-0.39, 0.29) is 16.9 Å². The van der Waals surface area contributed by atoms with Crippen molar-refractivity contribution in [3.63, 3.8) is 0 Å². The molecular formula is C35H56N4O6SiSn. The van der Waals surface area contributed by atoms with Crippen molar-refractivity contribution < 1.29 is 27.9 Å². The Morgan fingerprint density at radius 1 is 0.915 bits per heavy atom. The molecule has 0 saturated heterocycles. The van der Waals surface area contributed by atoms with Crippen LogP contribution in [0.25, 0.3) is 22.1 Å². The average molecular weight is 776 g/mol.